The second-order valence-corrected chi connectivity index (χ2v) is 4.50. The Morgan fingerprint density at radius 2 is 2.33 bits per heavy atom. The summed E-state index contributed by atoms with van der Waals surface area (Å²) >= 11 is 1.10. The molecule has 0 saturated carbocycles. The molecule has 1 aliphatic heterocycles. The van der Waals surface area contributed by atoms with E-state index in [2.05, 4.69) is 0 Å². The number of carbonyl (C=O) groups excluding carboxylic acids is 1. The van der Waals surface area contributed by atoms with Crippen LogP contribution in [0.15, 0.2) is 10.2 Å². The van der Waals surface area contributed by atoms with Crippen molar-refractivity contribution < 1.29 is 9.90 Å². The second-order valence-electron chi connectivity index (χ2n) is 3.68. The minimum atomic E-state index is -0.394. The highest BCUT2D eigenvalue weighted by molar-refractivity contribution is 7.07. The summed E-state index contributed by atoms with van der Waals surface area (Å²) in [6.45, 7) is 2.66. The summed E-state index contributed by atoms with van der Waals surface area (Å²) < 4.78 is 1.46. The minimum absolute atomic E-state index is 0.0842. The largest absolute Gasteiger partial charge is 0.389 e. The quantitative estimate of drug-likeness (QED) is 0.736. The third kappa shape index (κ3) is 1.95. The van der Waals surface area contributed by atoms with Crippen molar-refractivity contribution in [3.8, 4) is 0 Å². The van der Waals surface area contributed by atoms with Gasteiger partial charge in [0.25, 0.3) is 0 Å². The molecule has 0 unspecified atom stereocenters. The third-order valence-corrected chi connectivity index (χ3v) is 3.37. The molecule has 0 spiro atoms. The van der Waals surface area contributed by atoms with Crippen molar-refractivity contribution in [2.45, 2.75) is 19.6 Å². The molecule has 1 fully saturated rings. The maximum Gasteiger partial charge on any atom is 0.307 e. The number of rotatable bonds is 2. The average Bonchev–Trinajstić information content (AvgIpc) is 2.44. The number of thiazole rings is 1. The summed E-state index contributed by atoms with van der Waals surface area (Å²) in [5, 5.41) is 10.8. The van der Waals surface area contributed by atoms with E-state index in [0.29, 0.717) is 13.1 Å². The Hall–Kier alpha value is -1.14. The van der Waals surface area contributed by atoms with Gasteiger partial charge >= 0.3 is 4.87 Å². The number of likely N-dealkylation sites (tertiary alicyclic amines) is 1. The fraction of sp³-hybridized carbons (Fsp3) is 0.556. The highest BCUT2D eigenvalue weighted by Gasteiger charge is 2.28. The predicted molar refractivity (Wildman–Crippen MR) is 55.9 cm³/mol. The number of hydrogen-bond acceptors (Lipinski definition) is 4. The first-order chi connectivity index (χ1) is 7.08. The molecule has 0 bridgehead atoms. The monoisotopic (exact) mass is 228 g/mol. The molecular weight excluding hydrogens is 216 g/mol. The number of β-amino-alcohol motifs (C(OH)–C–C–N with tert-alkyl or cyclic N) is 1. The molecular formula is C9H12N2O3S. The van der Waals surface area contributed by atoms with Gasteiger partial charge in [-0.25, -0.2) is 0 Å². The van der Waals surface area contributed by atoms with Gasteiger partial charge < -0.3 is 10.0 Å². The van der Waals surface area contributed by atoms with E-state index in [0.717, 1.165) is 17.0 Å². The van der Waals surface area contributed by atoms with E-state index in [-0.39, 0.29) is 17.3 Å². The molecule has 1 aromatic heterocycles. The lowest BCUT2D eigenvalue weighted by Crippen LogP contribution is -2.54. The van der Waals surface area contributed by atoms with Crippen LogP contribution < -0.4 is 4.87 Å². The Labute approximate surface area is 90.6 Å². The number of aliphatic hydroxyl groups excluding tert-OH is 1. The Kier molecular flexibility index (Phi) is 2.62. The summed E-state index contributed by atoms with van der Waals surface area (Å²) in [5.41, 5.74) is 0.805. The second kappa shape index (κ2) is 3.79. The molecule has 0 aromatic carbocycles. The lowest BCUT2D eigenvalue weighted by atomic mass is 10.2. The highest BCUT2D eigenvalue weighted by atomic mass is 32.1. The maximum absolute atomic E-state index is 11.6. The molecule has 2 rings (SSSR count). The molecule has 0 atom stereocenters. The first kappa shape index (κ1) is 10.4. The van der Waals surface area contributed by atoms with Crippen LogP contribution in [0.4, 0.5) is 0 Å². The molecule has 1 aromatic rings. The molecule has 0 aliphatic carbocycles. The summed E-state index contributed by atoms with van der Waals surface area (Å²) in [6.07, 6.45) is -0.394. The smallest absolute Gasteiger partial charge is 0.307 e. The Balaban J connectivity index is 2.03. The van der Waals surface area contributed by atoms with E-state index in [9.17, 15) is 9.59 Å². The van der Waals surface area contributed by atoms with Gasteiger partial charge in [-0.05, 0) is 6.92 Å². The van der Waals surface area contributed by atoms with E-state index in [1.807, 2.05) is 0 Å². The first-order valence-corrected chi connectivity index (χ1v) is 5.56. The van der Waals surface area contributed by atoms with E-state index in [1.165, 1.54) is 4.57 Å². The zero-order chi connectivity index (χ0) is 11.0. The molecule has 6 heteroatoms. The van der Waals surface area contributed by atoms with Gasteiger partial charge in [0.05, 0.1) is 6.10 Å². The van der Waals surface area contributed by atoms with Gasteiger partial charge in [0.15, 0.2) is 0 Å². The number of hydrogen-bond donors (Lipinski definition) is 1. The van der Waals surface area contributed by atoms with Crippen molar-refractivity contribution in [1.82, 2.24) is 9.47 Å². The van der Waals surface area contributed by atoms with E-state index in [4.69, 9.17) is 5.11 Å². The fourth-order valence-corrected chi connectivity index (χ4v) is 2.22. The lowest BCUT2D eigenvalue weighted by Gasteiger charge is -2.35. The van der Waals surface area contributed by atoms with Gasteiger partial charge in [-0.1, -0.05) is 11.3 Å². The van der Waals surface area contributed by atoms with Crippen LogP contribution >= 0.6 is 11.3 Å². The topological polar surface area (TPSA) is 62.5 Å². The summed E-state index contributed by atoms with van der Waals surface area (Å²) in [6, 6.07) is 0. The van der Waals surface area contributed by atoms with Gasteiger partial charge in [0, 0.05) is 24.2 Å². The molecule has 1 N–H and O–H groups in total. The SMILES string of the molecule is Cc1csc(=O)n1CC(=O)N1CC(O)C1. The molecule has 1 aliphatic rings. The maximum atomic E-state index is 11.6. The standard InChI is InChI=1S/C9H12N2O3S/c1-6-5-15-9(14)11(6)4-8(13)10-2-7(12)3-10/h5,7,12H,2-4H2,1H3. The summed E-state index contributed by atoms with van der Waals surface area (Å²) in [7, 11) is 0. The van der Waals surface area contributed by atoms with Gasteiger partial charge in [-0.3, -0.25) is 14.2 Å². The zero-order valence-corrected chi connectivity index (χ0v) is 9.16. The molecule has 15 heavy (non-hydrogen) atoms. The summed E-state index contributed by atoms with van der Waals surface area (Å²) in [4.78, 5) is 24.4. The van der Waals surface area contributed by atoms with E-state index in [1.54, 1.807) is 17.2 Å². The van der Waals surface area contributed by atoms with Crippen LogP contribution in [0.2, 0.25) is 0 Å². The van der Waals surface area contributed by atoms with Gasteiger partial charge in [-0.15, -0.1) is 0 Å². The van der Waals surface area contributed by atoms with Crippen molar-refractivity contribution >= 4 is 17.2 Å². The Morgan fingerprint density at radius 3 is 2.80 bits per heavy atom. The van der Waals surface area contributed by atoms with Crippen LogP contribution in [0.5, 0.6) is 0 Å². The van der Waals surface area contributed by atoms with Crippen LogP contribution in [-0.4, -0.2) is 39.7 Å². The van der Waals surface area contributed by atoms with Crippen LogP contribution in [0.25, 0.3) is 0 Å². The minimum Gasteiger partial charge on any atom is -0.389 e. The van der Waals surface area contributed by atoms with E-state index < -0.39 is 6.10 Å². The Morgan fingerprint density at radius 1 is 1.67 bits per heavy atom. The number of carbonyl (C=O) groups is 1. The first-order valence-electron chi connectivity index (χ1n) is 4.68. The van der Waals surface area contributed by atoms with Crippen LogP contribution in [0.3, 0.4) is 0 Å². The normalized spacial score (nSPS) is 16.5. The van der Waals surface area contributed by atoms with Crippen LogP contribution in [-0.2, 0) is 11.3 Å². The average molecular weight is 228 g/mol. The Bertz CT molecular complexity index is 431. The van der Waals surface area contributed by atoms with Gasteiger partial charge in [0.1, 0.15) is 6.54 Å². The molecule has 82 valence electrons. The number of aliphatic hydroxyl groups is 1. The molecule has 1 amide bonds. The van der Waals surface area contributed by atoms with Crippen LogP contribution in [0.1, 0.15) is 5.69 Å². The zero-order valence-electron chi connectivity index (χ0n) is 8.34. The predicted octanol–water partition coefficient (Wildman–Crippen LogP) is -0.579. The fourth-order valence-electron chi connectivity index (χ4n) is 1.49. The van der Waals surface area contributed by atoms with Crippen molar-refractivity contribution in [3.63, 3.8) is 0 Å². The third-order valence-electron chi connectivity index (χ3n) is 2.48. The van der Waals surface area contributed by atoms with Gasteiger partial charge in [0.2, 0.25) is 5.91 Å². The van der Waals surface area contributed by atoms with Crippen molar-refractivity contribution in [2.75, 3.05) is 13.1 Å². The highest BCUT2D eigenvalue weighted by Crippen LogP contribution is 2.09. The van der Waals surface area contributed by atoms with Crippen molar-refractivity contribution in [1.29, 1.82) is 0 Å². The lowest BCUT2D eigenvalue weighted by molar-refractivity contribution is -0.141. The number of aryl methyl sites for hydroxylation is 1. The molecule has 1 saturated heterocycles. The number of amides is 1. The number of aromatic nitrogens is 1. The van der Waals surface area contributed by atoms with Gasteiger partial charge in [-0.2, -0.15) is 0 Å². The van der Waals surface area contributed by atoms with Crippen molar-refractivity contribution in [3.05, 3.63) is 20.7 Å². The molecule has 0 radical (unpaired) electrons. The molecule has 5 nitrogen and oxygen atoms in total. The summed E-state index contributed by atoms with van der Waals surface area (Å²) in [5.74, 6) is -0.107. The van der Waals surface area contributed by atoms with Crippen LogP contribution in [0, 0.1) is 6.92 Å². The van der Waals surface area contributed by atoms with E-state index >= 15 is 0 Å². The van der Waals surface area contributed by atoms with Crippen molar-refractivity contribution in [2.24, 2.45) is 0 Å². The number of nitrogens with zero attached hydrogens (tertiary/aromatic N) is 2. The molecule has 2 heterocycles.